The fourth-order valence-corrected chi connectivity index (χ4v) is 2.76. The second-order valence-electron chi connectivity index (χ2n) is 5.74. The molecule has 0 aliphatic carbocycles. The molecule has 0 N–H and O–H groups in total. The number of carbonyl (C=O) groups is 3. The lowest BCUT2D eigenvalue weighted by Gasteiger charge is -2.12. The zero-order valence-corrected chi connectivity index (χ0v) is 13.7. The molecule has 0 saturated heterocycles. The minimum Gasteiger partial charge on any atom is -0.324 e. The monoisotopic (exact) mass is 347 g/mol. The lowest BCUT2D eigenvalue weighted by Crippen LogP contribution is -2.32. The molecule has 0 fully saturated rings. The second-order valence-corrected chi connectivity index (χ2v) is 5.74. The van der Waals surface area contributed by atoms with Crippen molar-refractivity contribution in [3.63, 3.8) is 0 Å². The van der Waals surface area contributed by atoms with Gasteiger partial charge in [-0.2, -0.15) is 5.10 Å². The normalized spacial score (nSPS) is 13.0. The number of benzene rings is 2. The van der Waals surface area contributed by atoms with Crippen molar-refractivity contribution in [1.82, 2.24) is 14.8 Å². The van der Waals surface area contributed by atoms with Crippen LogP contribution in [0.15, 0.2) is 60.8 Å². The summed E-state index contributed by atoms with van der Waals surface area (Å²) in [4.78, 5) is 42.1. The van der Waals surface area contributed by atoms with E-state index in [1.165, 1.54) is 23.0 Å². The summed E-state index contributed by atoms with van der Waals surface area (Å²) in [7, 11) is 0. The molecule has 0 atom stereocenters. The van der Waals surface area contributed by atoms with Gasteiger partial charge >= 0.3 is 5.97 Å². The van der Waals surface area contributed by atoms with E-state index in [2.05, 4.69) is 5.10 Å². The van der Waals surface area contributed by atoms with Crippen molar-refractivity contribution in [2.45, 2.75) is 6.92 Å². The van der Waals surface area contributed by atoms with E-state index in [1.54, 1.807) is 19.1 Å². The van der Waals surface area contributed by atoms with E-state index < -0.39 is 17.8 Å². The molecule has 0 spiro atoms. The van der Waals surface area contributed by atoms with Crippen molar-refractivity contribution in [1.29, 1.82) is 0 Å². The first-order valence-corrected chi connectivity index (χ1v) is 7.88. The molecule has 7 nitrogen and oxygen atoms in total. The van der Waals surface area contributed by atoms with Gasteiger partial charge in [-0.25, -0.2) is 9.48 Å². The van der Waals surface area contributed by atoms with Gasteiger partial charge in [-0.05, 0) is 31.2 Å². The minimum absolute atomic E-state index is 0.172. The predicted octanol–water partition coefficient (Wildman–Crippen LogP) is 2.55. The summed E-state index contributed by atoms with van der Waals surface area (Å²) < 4.78 is 1.54. The van der Waals surface area contributed by atoms with Crippen LogP contribution in [-0.4, -0.2) is 32.6 Å². The van der Waals surface area contributed by atoms with E-state index in [9.17, 15) is 14.4 Å². The number of rotatable bonds is 3. The number of carbonyl (C=O) groups excluding carboxylic acids is 3. The zero-order valence-electron chi connectivity index (χ0n) is 13.7. The van der Waals surface area contributed by atoms with Gasteiger partial charge in [0.05, 0.1) is 22.5 Å². The average molecular weight is 347 g/mol. The number of imide groups is 1. The third-order valence-corrected chi connectivity index (χ3v) is 4.07. The van der Waals surface area contributed by atoms with Gasteiger partial charge in [-0.1, -0.05) is 35.4 Å². The maximum Gasteiger partial charge on any atom is 0.367 e. The Labute approximate surface area is 148 Å². The molecule has 2 aromatic carbocycles. The topological polar surface area (TPSA) is 81.5 Å². The summed E-state index contributed by atoms with van der Waals surface area (Å²) in [5, 5.41) is 4.77. The van der Waals surface area contributed by atoms with Gasteiger partial charge in [0.1, 0.15) is 5.56 Å². The molecule has 0 radical (unpaired) electrons. The summed E-state index contributed by atoms with van der Waals surface area (Å²) >= 11 is 0. The van der Waals surface area contributed by atoms with Crippen LogP contribution in [0.4, 0.5) is 0 Å². The van der Waals surface area contributed by atoms with Crippen LogP contribution >= 0.6 is 0 Å². The Morgan fingerprint density at radius 2 is 1.50 bits per heavy atom. The lowest BCUT2D eigenvalue weighted by molar-refractivity contribution is -0.0585. The third-order valence-electron chi connectivity index (χ3n) is 4.07. The SMILES string of the molecule is Cc1nn(-c2ccccc2)cc1C(=O)ON1C(=O)c2ccccc2C1=O. The first kappa shape index (κ1) is 15.8. The van der Waals surface area contributed by atoms with Crippen LogP contribution < -0.4 is 0 Å². The summed E-state index contributed by atoms with van der Waals surface area (Å²) in [5.41, 5.74) is 1.79. The Balaban J connectivity index is 1.59. The minimum atomic E-state index is -0.820. The van der Waals surface area contributed by atoms with E-state index in [1.807, 2.05) is 30.3 Å². The van der Waals surface area contributed by atoms with Crippen LogP contribution in [0.1, 0.15) is 36.8 Å². The standard InChI is InChI=1S/C19H13N3O4/c1-12-16(11-21(20-12)13-7-3-2-4-8-13)19(25)26-22-17(23)14-9-5-6-10-15(14)18(22)24/h2-11H,1H3. The highest BCUT2D eigenvalue weighted by molar-refractivity contribution is 6.21. The summed E-state index contributed by atoms with van der Waals surface area (Å²) in [6.45, 7) is 1.65. The summed E-state index contributed by atoms with van der Waals surface area (Å²) in [6.07, 6.45) is 1.51. The Morgan fingerprint density at radius 3 is 2.12 bits per heavy atom. The summed E-state index contributed by atoms with van der Waals surface area (Å²) in [5.74, 6) is -2.14. The van der Waals surface area contributed by atoms with Crippen LogP contribution in [0.5, 0.6) is 0 Å². The maximum atomic E-state index is 12.5. The number of para-hydroxylation sites is 1. The zero-order chi connectivity index (χ0) is 18.3. The summed E-state index contributed by atoms with van der Waals surface area (Å²) in [6, 6.07) is 15.6. The van der Waals surface area contributed by atoms with Crippen LogP contribution in [0.3, 0.4) is 0 Å². The van der Waals surface area contributed by atoms with Gasteiger partial charge in [-0.15, -0.1) is 0 Å². The molecule has 2 amide bonds. The molecule has 1 aliphatic heterocycles. The number of hydrogen-bond acceptors (Lipinski definition) is 5. The predicted molar refractivity (Wildman–Crippen MR) is 90.7 cm³/mol. The van der Waals surface area contributed by atoms with E-state index >= 15 is 0 Å². The first-order valence-electron chi connectivity index (χ1n) is 7.88. The van der Waals surface area contributed by atoms with Crippen LogP contribution in [-0.2, 0) is 4.84 Å². The number of fused-ring (bicyclic) bond motifs is 1. The first-order chi connectivity index (χ1) is 12.6. The van der Waals surface area contributed by atoms with E-state index in [0.717, 1.165) is 5.69 Å². The van der Waals surface area contributed by atoms with E-state index in [0.29, 0.717) is 10.8 Å². The number of nitrogens with zero attached hydrogens (tertiary/aromatic N) is 3. The highest BCUT2D eigenvalue weighted by Gasteiger charge is 2.39. The largest absolute Gasteiger partial charge is 0.367 e. The fourth-order valence-electron chi connectivity index (χ4n) is 2.76. The Morgan fingerprint density at radius 1 is 0.923 bits per heavy atom. The second kappa shape index (κ2) is 5.96. The number of hydrogen-bond donors (Lipinski definition) is 0. The Hall–Kier alpha value is -3.74. The van der Waals surface area contributed by atoms with Crippen LogP contribution in [0.2, 0.25) is 0 Å². The van der Waals surface area contributed by atoms with E-state index in [4.69, 9.17) is 4.84 Å². The number of amides is 2. The van der Waals surface area contributed by atoms with Crippen molar-refractivity contribution in [2.24, 2.45) is 0 Å². The molecule has 7 heteroatoms. The molecule has 1 aliphatic rings. The average Bonchev–Trinajstić information content (AvgIpc) is 3.17. The van der Waals surface area contributed by atoms with Crippen molar-refractivity contribution < 1.29 is 19.2 Å². The Kier molecular flexibility index (Phi) is 3.62. The van der Waals surface area contributed by atoms with Gasteiger partial charge in [0.15, 0.2) is 0 Å². The van der Waals surface area contributed by atoms with Crippen molar-refractivity contribution in [2.75, 3.05) is 0 Å². The quantitative estimate of drug-likeness (QED) is 0.680. The number of hydroxylamine groups is 2. The fraction of sp³-hybridized carbons (Fsp3) is 0.0526. The van der Waals surface area contributed by atoms with Crippen LogP contribution in [0.25, 0.3) is 5.69 Å². The molecular formula is C19H13N3O4. The highest BCUT2D eigenvalue weighted by atomic mass is 16.7. The molecule has 0 unspecified atom stereocenters. The third kappa shape index (κ3) is 2.46. The molecule has 4 rings (SSSR count). The molecule has 0 saturated carbocycles. The maximum absolute atomic E-state index is 12.5. The molecule has 1 aromatic heterocycles. The smallest absolute Gasteiger partial charge is 0.324 e. The molecular weight excluding hydrogens is 334 g/mol. The van der Waals surface area contributed by atoms with Crippen molar-refractivity contribution in [3.05, 3.63) is 83.2 Å². The van der Waals surface area contributed by atoms with Gasteiger partial charge < -0.3 is 4.84 Å². The Bertz CT molecular complexity index is 1000. The van der Waals surface area contributed by atoms with Gasteiger partial charge in [0.2, 0.25) is 0 Å². The number of aryl methyl sites for hydroxylation is 1. The van der Waals surface area contributed by atoms with Gasteiger partial charge in [0, 0.05) is 6.20 Å². The highest BCUT2D eigenvalue weighted by Crippen LogP contribution is 2.24. The lowest BCUT2D eigenvalue weighted by atomic mass is 10.1. The molecule has 2 heterocycles. The van der Waals surface area contributed by atoms with E-state index in [-0.39, 0.29) is 16.7 Å². The molecule has 3 aromatic rings. The molecule has 0 bridgehead atoms. The van der Waals surface area contributed by atoms with Gasteiger partial charge in [0.25, 0.3) is 11.8 Å². The van der Waals surface area contributed by atoms with Crippen LogP contribution in [0, 0.1) is 6.92 Å². The van der Waals surface area contributed by atoms with Gasteiger partial charge in [-0.3, -0.25) is 9.59 Å². The van der Waals surface area contributed by atoms with Crippen molar-refractivity contribution in [3.8, 4) is 5.69 Å². The molecule has 26 heavy (non-hydrogen) atoms. The number of aromatic nitrogens is 2. The van der Waals surface area contributed by atoms with Crippen molar-refractivity contribution >= 4 is 17.8 Å². The molecule has 128 valence electrons.